The highest BCUT2D eigenvalue weighted by atomic mass is 35.5. The highest BCUT2D eigenvalue weighted by Crippen LogP contribution is 2.25. The van der Waals surface area contributed by atoms with Gasteiger partial charge in [-0.05, 0) is 23.8 Å². The first kappa shape index (κ1) is 22.6. The van der Waals surface area contributed by atoms with Crippen LogP contribution in [0.2, 0.25) is 0 Å². The second kappa shape index (κ2) is 9.21. The molecule has 0 amide bonds. The fraction of sp³-hybridized carbons (Fsp3) is 0.105. The molecule has 29 heavy (non-hydrogen) atoms. The summed E-state index contributed by atoms with van der Waals surface area (Å²) in [5, 5.41) is 3.96. The van der Waals surface area contributed by atoms with Crippen molar-refractivity contribution in [2.75, 3.05) is 11.6 Å². The number of imidazole rings is 1. The molecule has 2 aromatic carbocycles. The third-order valence-corrected chi connectivity index (χ3v) is 5.23. The summed E-state index contributed by atoms with van der Waals surface area (Å²) in [6.07, 6.45) is 6.21. The van der Waals surface area contributed by atoms with Crippen LogP contribution in [-0.4, -0.2) is 34.2 Å². The number of hydrogen-bond acceptors (Lipinski definition) is 6. The summed E-state index contributed by atoms with van der Waals surface area (Å²) in [5.41, 5.74) is 1.74. The first-order chi connectivity index (χ1) is 13.0. The molecule has 4 aromatic rings. The van der Waals surface area contributed by atoms with E-state index in [9.17, 15) is 8.42 Å². The van der Waals surface area contributed by atoms with Gasteiger partial charge in [0, 0.05) is 30.6 Å². The minimum absolute atomic E-state index is 0. The minimum atomic E-state index is -3.33. The average Bonchev–Trinajstić information content (AvgIpc) is 3.20. The lowest BCUT2D eigenvalue weighted by atomic mass is 10.2. The van der Waals surface area contributed by atoms with Crippen molar-refractivity contribution in [2.24, 2.45) is 0 Å². The Hall–Kier alpha value is -2.68. The predicted octanol–water partition coefficient (Wildman–Crippen LogP) is 3.67. The second-order valence-corrected chi connectivity index (χ2v) is 8.15. The summed E-state index contributed by atoms with van der Waals surface area (Å²) in [4.78, 5) is 13.4. The average molecular weight is 452 g/mol. The number of sulfone groups is 1. The summed E-state index contributed by atoms with van der Waals surface area (Å²) < 4.78 is 25.6. The molecule has 2 aromatic heterocycles. The van der Waals surface area contributed by atoms with E-state index in [-0.39, 0.29) is 29.7 Å². The van der Waals surface area contributed by atoms with Crippen LogP contribution in [0.4, 0.5) is 5.82 Å². The number of fused-ring (bicyclic) bond motifs is 1. The lowest BCUT2D eigenvalue weighted by molar-refractivity contribution is 0.602. The molecule has 0 saturated carbocycles. The lowest BCUT2D eigenvalue weighted by Gasteiger charge is -2.12. The quantitative estimate of drug-likeness (QED) is 0.497. The standard InChI is InChI=1S/C19H17N5O2S.2ClH/c1-27(25,26)15-7-8-17-16(11-15)18(21-12-14-5-3-2-4-6-14)23-19(22-17)24-10-9-20-13-24;;/h2-11,13H,12H2,1H3,(H,21,22,23);2*1H. The maximum atomic E-state index is 11.9. The number of halogens is 2. The Morgan fingerprint density at radius 3 is 2.45 bits per heavy atom. The Morgan fingerprint density at radius 1 is 1.03 bits per heavy atom. The van der Waals surface area contributed by atoms with Crippen LogP contribution in [-0.2, 0) is 16.4 Å². The molecule has 4 rings (SSSR count). The molecule has 152 valence electrons. The van der Waals surface area contributed by atoms with E-state index in [1.54, 1.807) is 41.5 Å². The minimum Gasteiger partial charge on any atom is -0.365 e. The Balaban J connectivity index is 0.00000150. The maximum absolute atomic E-state index is 11.9. The number of hydrogen-bond donors (Lipinski definition) is 1. The molecule has 1 N–H and O–H groups in total. The highest BCUT2D eigenvalue weighted by Gasteiger charge is 2.13. The number of aromatic nitrogens is 4. The van der Waals surface area contributed by atoms with Gasteiger partial charge in [0.15, 0.2) is 9.84 Å². The fourth-order valence-corrected chi connectivity index (χ4v) is 3.38. The summed E-state index contributed by atoms with van der Waals surface area (Å²) in [5.74, 6) is 1.03. The van der Waals surface area contributed by atoms with E-state index in [0.717, 1.165) is 5.56 Å². The largest absolute Gasteiger partial charge is 0.365 e. The van der Waals surface area contributed by atoms with Crippen molar-refractivity contribution in [3.63, 3.8) is 0 Å². The van der Waals surface area contributed by atoms with E-state index in [2.05, 4.69) is 20.3 Å². The topological polar surface area (TPSA) is 89.8 Å². The van der Waals surface area contributed by atoms with Crippen LogP contribution in [0, 0.1) is 0 Å². The summed E-state index contributed by atoms with van der Waals surface area (Å²) >= 11 is 0. The van der Waals surface area contributed by atoms with Crippen LogP contribution in [0.15, 0.2) is 72.1 Å². The molecule has 10 heteroatoms. The molecule has 0 atom stereocenters. The van der Waals surface area contributed by atoms with E-state index < -0.39 is 9.84 Å². The van der Waals surface area contributed by atoms with Crippen LogP contribution in [0.3, 0.4) is 0 Å². The maximum Gasteiger partial charge on any atom is 0.237 e. The third-order valence-electron chi connectivity index (χ3n) is 4.12. The molecular weight excluding hydrogens is 433 g/mol. The molecule has 0 fully saturated rings. The molecule has 0 bridgehead atoms. The molecule has 0 radical (unpaired) electrons. The van der Waals surface area contributed by atoms with Crippen molar-refractivity contribution in [3.8, 4) is 5.95 Å². The van der Waals surface area contributed by atoms with Gasteiger partial charge >= 0.3 is 0 Å². The van der Waals surface area contributed by atoms with E-state index in [1.807, 2.05) is 30.3 Å². The zero-order chi connectivity index (χ0) is 18.9. The van der Waals surface area contributed by atoms with Crippen molar-refractivity contribution in [1.29, 1.82) is 0 Å². The van der Waals surface area contributed by atoms with E-state index in [1.165, 1.54) is 6.26 Å². The normalized spacial score (nSPS) is 10.8. The van der Waals surface area contributed by atoms with Crippen molar-refractivity contribution >= 4 is 51.4 Å². The fourth-order valence-electron chi connectivity index (χ4n) is 2.74. The second-order valence-electron chi connectivity index (χ2n) is 6.13. The Morgan fingerprint density at radius 2 is 1.79 bits per heavy atom. The van der Waals surface area contributed by atoms with Crippen LogP contribution < -0.4 is 5.32 Å². The van der Waals surface area contributed by atoms with Gasteiger partial charge in [0.25, 0.3) is 0 Å². The molecule has 0 saturated heterocycles. The van der Waals surface area contributed by atoms with Crippen LogP contribution in [0.25, 0.3) is 16.9 Å². The van der Waals surface area contributed by atoms with Gasteiger partial charge in [0.1, 0.15) is 12.1 Å². The predicted molar refractivity (Wildman–Crippen MR) is 118 cm³/mol. The Bertz CT molecular complexity index is 1200. The molecule has 0 aliphatic rings. The van der Waals surface area contributed by atoms with E-state index in [0.29, 0.717) is 29.2 Å². The Labute approximate surface area is 181 Å². The van der Waals surface area contributed by atoms with Gasteiger partial charge in [-0.15, -0.1) is 24.8 Å². The van der Waals surface area contributed by atoms with Crippen molar-refractivity contribution in [2.45, 2.75) is 11.4 Å². The summed E-state index contributed by atoms with van der Waals surface area (Å²) in [6, 6.07) is 14.8. The van der Waals surface area contributed by atoms with Crippen molar-refractivity contribution in [1.82, 2.24) is 19.5 Å². The van der Waals surface area contributed by atoms with Crippen LogP contribution in [0.5, 0.6) is 0 Å². The number of nitrogens with zero attached hydrogens (tertiary/aromatic N) is 4. The number of nitrogens with one attached hydrogen (secondary N) is 1. The van der Waals surface area contributed by atoms with Gasteiger partial charge in [0.05, 0.1) is 10.4 Å². The van der Waals surface area contributed by atoms with Gasteiger partial charge in [-0.2, -0.15) is 4.98 Å². The van der Waals surface area contributed by atoms with Crippen molar-refractivity contribution < 1.29 is 8.42 Å². The summed E-state index contributed by atoms with van der Waals surface area (Å²) in [6.45, 7) is 0.555. The van der Waals surface area contributed by atoms with Crippen molar-refractivity contribution in [3.05, 3.63) is 72.8 Å². The Kier molecular flexibility index (Phi) is 7.18. The zero-order valence-corrected chi connectivity index (χ0v) is 17.8. The van der Waals surface area contributed by atoms with Gasteiger partial charge < -0.3 is 5.32 Å². The zero-order valence-electron chi connectivity index (χ0n) is 15.4. The first-order valence-electron chi connectivity index (χ1n) is 8.29. The molecule has 7 nitrogen and oxygen atoms in total. The van der Waals surface area contributed by atoms with Gasteiger partial charge in [-0.3, -0.25) is 4.57 Å². The number of anilines is 1. The third kappa shape index (κ3) is 5.03. The molecule has 0 unspecified atom stereocenters. The smallest absolute Gasteiger partial charge is 0.237 e. The van der Waals surface area contributed by atoms with E-state index >= 15 is 0 Å². The van der Waals surface area contributed by atoms with Gasteiger partial charge in [0.2, 0.25) is 5.95 Å². The van der Waals surface area contributed by atoms with E-state index in [4.69, 9.17) is 0 Å². The molecule has 0 aliphatic heterocycles. The van der Waals surface area contributed by atoms with Gasteiger partial charge in [-0.25, -0.2) is 18.4 Å². The molecule has 0 aliphatic carbocycles. The molecule has 0 spiro atoms. The number of benzene rings is 2. The lowest BCUT2D eigenvalue weighted by Crippen LogP contribution is -2.07. The first-order valence-corrected chi connectivity index (χ1v) is 10.2. The van der Waals surface area contributed by atoms with Gasteiger partial charge in [-0.1, -0.05) is 30.3 Å². The van der Waals surface area contributed by atoms with Crippen LogP contribution in [0.1, 0.15) is 5.56 Å². The monoisotopic (exact) mass is 451 g/mol. The SMILES string of the molecule is CS(=O)(=O)c1ccc2nc(-n3ccnc3)nc(NCc3ccccc3)c2c1.Cl.Cl. The molecule has 2 heterocycles. The summed E-state index contributed by atoms with van der Waals surface area (Å²) in [7, 11) is -3.33. The van der Waals surface area contributed by atoms with Crippen LogP contribution >= 0.6 is 24.8 Å². The molecular formula is C19H19Cl2N5O2S. The number of rotatable bonds is 5. The highest BCUT2D eigenvalue weighted by molar-refractivity contribution is 7.90.